The quantitative estimate of drug-likeness (QED) is 0.686. The van der Waals surface area contributed by atoms with E-state index in [1.165, 1.54) is 17.9 Å². The fourth-order valence-corrected chi connectivity index (χ4v) is 2.33. The number of hydrogen-bond acceptors (Lipinski definition) is 2. The molecule has 1 atom stereocenters. The molecule has 2 heteroatoms. The van der Waals surface area contributed by atoms with Crippen LogP contribution in [0.4, 0.5) is 0 Å². The van der Waals surface area contributed by atoms with Crippen molar-refractivity contribution in [2.75, 3.05) is 18.1 Å². The van der Waals surface area contributed by atoms with E-state index in [1.54, 1.807) is 0 Å². The summed E-state index contributed by atoms with van der Waals surface area (Å²) >= 11 is 2.07. The van der Waals surface area contributed by atoms with Gasteiger partial charge in [-0.3, -0.25) is 0 Å². The Morgan fingerprint density at radius 3 is 2.64 bits per heavy atom. The Hall–Kier alpha value is 0.310. The lowest BCUT2D eigenvalue weighted by atomic mass is 9.96. The zero-order valence-corrected chi connectivity index (χ0v) is 8.63. The first-order valence-electron chi connectivity index (χ1n) is 4.39. The Kier molecular flexibility index (Phi) is 3.26. The molecule has 1 aliphatic rings. The predicted molar refractivity (Wildman–Crippen MR) is 53.2 cm³/mol. The topological polar surface area (TPSA) is 12.0 Å². The van der Waals surface area contributed by atoms with E-state index in [-0.39, 0.29) is 0 Å². The molecule has 1 fully saturated rings. The highest BCUT2D eigenvalue weighted by Gasteiger charge is 2.17. The van der Waals surface area contributed by atoms with Gasteiger partial charge in [-0.15, -0.1) is 0 Å². The molecule has 0 aliphatic carbocycles. The molecule has 0 aromatic heterocycles. The van der Waals surface area contributed by atoms with Gasteiger partial charge in [0.05, 0.1) is 0 Å². The van der Waals surface area contributed by atoms with Crippen LogP contribution in [-0.2, 0) is 0 Å². The second-order valence-corrected chi connectivity index (χ2v) is 5.65. The molecule has 0 radical (unpaired) electrons. The van der Waals surface area contributed by atoms with Crippen LogP contribution in [0.25, 0.3) is 0 Å². The first-order valence-corrected chi connectivity index (χ1v) is 5.54. The molecule has 1 unspecified atom stereocenters. The minimum Gasteiger partial charge on any atom is -0.313 e. The van der Waals surface area contributed by atoms with E-state index >= 15 is 0 Å². The van der Waals surface area contributed by atoms with E-state index in [0.29, 0.717) is 5.41 Å². The first-order chi connectivity index (χ1) is 5.08. The van der Waals surface area contributed by atoms with Gasteiger partial charge in [-0.1, -0.05) is 20.8 Å². The maximum atomic E-state index is 3.60. The molecule has 1 saturated heterocycles. The molecule has 11 heavy (non-hydrogen) atoms. The lowest BCUT2D eigenvalue weighted by Crippen LogP contribution is -2.35. The summed E-state index contributed by atoms with van der Waals surface area (Å²) in [4.78, 5) is 0. The zero-order valence-electron chi connectivity index (χ0n) is 7.81. The fraction of sp³-hybridized carbons (Fsp3) is 1.00. The summed E-state index contributed by atoms with van der Waals surface area (Å²) in [7, 11) is 0. The maximum absolute atomic E-state index is 3.60. The van der Waals surface area contributed by atoms with Gasteiger partial charge in [-0.05, 0) is 17.6 Å². The average Bonchev–Trinajstić information content (AvgIpc) is 2.32. The van der Waals surface area contributed by atoms with Gasteiger partial charge < -0.3 is 5.32 Å². The van der Waals surface area contributed by atoms with Crippen molar-refractivity contribution in [3.63, 3.8) is 0 Å². The number of nitrogens with one attached hydrogen (secondary N) is 1. The van der Waals surface area contributed by atoms with Crippen LogP contribution in [0.3, 0.4) is 0 Å². The molecule has 0 aromatic rings. The predicted octanol–water partition coefficient (Wildman–Crippen LogP) is 2.13. The van der Waals surface area contributed by atoms with E-state index in [4.69, 9.17) is 0 Å². The van der Waals surface area contributed by atoms with Crippen LogP contribution in [0.15, 0.2) is 0 Å². The second kappa shape index (κ2) is 3.81. The Morgan fingerprint density at radius 2 is 2.18 bits per heavy atom. The van der Waals surface area contributed by atoms with Crippen LogP contribution >= 0.6 is 11.8 Å². The van der Waals surface area contributed by atoms with E-state index in [0.717, 1.165) is 12.6 Å². The molecule has 0 spiro atoms. The first kappa shape index (κ1) is 9.40. The Balaban J connectivity index is 2.11. The normalized spacial score (nSPS) is 25.9. The summed E-state index contributed by atoms with van der Waals surface area (Å²) in [5.74, 6) is 2.66. The van der Waals surface area contributed by atoms with Crippen molar-refractivity contribution >= 4 is 11.8 Å². The zero-order chi connectivity index (χ0) is 8.32. The minimum atomic E-state index is 0.438. The van der Waals surface area contributed by atoms with Crippen molar-refractivity contribution in [1.29, 1.82) is 0 Å². The van der Waals surface area contributed by atoms with Crippen molar-refractivity contribution in [1.82, 2.24) is 5.32 Å². The molecule has 0 bridgehead atoms. The molecule has 1 aliphatic heterocycles. The van der Waals surface area contributed by atoms with Gasteiger partial charge in [0.25, 0.3) is 0 Å². The van der Waals surface area contributed by atoms with Crippen LogP contribution in [0.1, 0.15) is 27.2 Å². The van der Waals surface area contributed by atoms with Crippen molar-refractivity contribution in [2.24, 2.45) is 5.41 Å². The highest BCUT2D eigenvalue weighted by molar-refractivity contribution is 7.99. The highest BCUT2D eigenvalue weighted by Crippen LogP contribution is 2.18. The highest BCUT2D eigenvalue weighted by atomic mass is 32.2. The van der Waals surface area contributed by atoms with Gasteiger partial charge in [-0.25, -0.2) is 0 Å². The van der Waals surface area contributed by atoms with Crippen LogP contribution in [-0.4, -0.2) is 24.1 Å². The van der Waals surface area contributed by atoms with Crippen molar-refractivity contribution in [3.05, 3.63) is 0 Å². The summed E-state index contributed by atoms with van der Waals surface area (Å²) in [6, 6.07) is 0.791. The molecule has 1 nitrogen and oxygen atoms in total. The molecule has 0 saturated carbocycles. The molecule has 1 heterocycles. The third kappa shape index (κ3) is 4.02. The average molecular weight is 173 g/mol. The van der Waals surface area contributed by atoms with E-state index in [9.17, 15) is 0 Å². The molecule has 1 N–H and O–H groups in total. The van der Waals surface area contributed by atoms with Crippen molar-refractivity contribution in [3.8, 4) is 0 Å². The van der Waals surface area contributed by atoms with Crippen LogP contribution in [0, 0.1) is 5.41 Å². The fourth-order valence-electron chi connectivity index (χ4n) is 1.15. The van der Waals surface area contributed by atoms with Crippen LogP contribution in [0.5, 0.6) is 0 Å². The molecule has 0 amide bonds. The number of rotatable bonds is 2. The van der Waals surface area contributed by atoms with Crippen molar-refractivity contribution < 1.29 is 0 Å². The van der Waals surface area contributed by atoms with Crippen LogP contribution < -0.4 is 5.32 Å². The smallest absolute Gasteiger partial charge is 0.0166 e. The summed E-state index contributed by atoms with van der Waals surface area (Å²) in [5, 5.41) is 3.60. The lowest BCUT2D eigenvalue weighted by Gasteiger charge is -2.21. The minimum absolute atomic E-state index is 0.438. The van der Waals surface area contributed by atoms with Gasteiger partial charge in [0.2, 0.25) is 0 Å². The maximum Gasteiger partial charge on any atom is 0.0166 e. The molecular weight excluding hydrogens is 154 g/mol. The summed E-state index contributed by atoms with van der Waals surface area (Å²) in [6.07, 6.45) is 1.36. The standard InChI is InChI=1S/C9H19NS/c1-9(2,3)7-10-8-4-5-11-6-8/h8,10H,4-7H2,1-3H3. The largest absolute Gasteiger partial charge is 0.313 e. The van der Waals surface area contributed by atoms with E-state index in [1.807, 2.05) is 0 Å². The van der Waals surface area contributed by atoms with Gasteiger partial charge in [0.15, 0.2) is 0 Å². The van der Waals surface area contributed by atoms with Crippen LogP contribution in [0.2, 0.25) is 0 Å². The van der Waals surface area contributed by atoms with Gasteiger partial charge >= 0.3 is 0 Å². The third-order valence-electron chi connectivity index (χ3n) is 1.85. The third-order valence-corrected chi connectivity index (χ3v) is 3.01. The molecular formula is C9H19NS. The lowest BCUT2D eigenvalue weighted by molar-refractivity contribution is 0.359. The molecule has 66 valence electrons. The Labute approximate surface area is 74.3 Å². The van der Waals surface area contributed by atoms with Crippen molar-refractivity contribution in [2.45, 2.75) is 33.2 Å². The monoisotopic (exact) mass is 173 g/mol. The second-order valence-electron chi connectivity index (χ2n) is 4.50. The Bertz CT molecular complexity index is 111. The Morgan fingerprint density at radius 1 is 1.45 bits per heavy atom. The molecule has 0 aromatic carbocycles. The SMILES string of the molecule is CC(C)(C)CNC1CCSC1. The van der Waals surface area contributed by atoms with Gasteiger partial charge in [0, 0.05) is 18.3 Å². The number of thioether (sulfide) groups is 1. The molecule has 1 rings (SSSR count). The van der Waals surface area contributed by atoms with Gasteiger partial charge in [-0.2, -0.15) is 11.8 Å². The summed E-state index contributed by atoms with van der Waals surface area (Å²) in [5.41, 5.74) is 0.438. The van der Waals surface area contributed by atoms with Gasteiger partial charge in [0.1, 0.15) is 0 Å². The summed E-state index contributed by atoms with van der Waals surface area (Å²) < 4.78 is 0. The van der Waals surface area contributed by atoms with E-state index < -0.39 is 0 Å². The van der Waals surface area contributed by atoms with E-state index in [2.05, 4.69) is 37.8 Å². The summed E-state index contributed by atoms with van der Waals surface area (Å²) in [6.45, 7) is 7.99. The number of hydrogen-bond donors (Lipinski definition) is 1.